The normalized spacial score (nSPS) is 18.6. The van der Waals surface area contributed by atoms with Gasteiger partial charge < -0.3 is 16.4 Å². The molecule has 2 amide bonds. The Balaban J connectivity index is 2.13. The molecule has 98 valence electrons. The van der Waals surface area contributed by atoms with Crippen molar-refractivity contribution in [3.05, 3.63) is 0 Å². The zero-order chi connectivity index (χ0) is 12.7. The van der Waals surface area contributed by atoms with Gasteiger partial charge in [-0.05, 0) is 19.8 Å². The monoisotopic (exact) mass is 241 g/mol. The van der Waals surface area contributed by atoms with E-state index in [1.165, 1.54) is 19.3 Å². The number of hydrogen-bond acceptors (Lipinski definition) is 3. The number of nitrogens with one attached hydrogen (secondary N) is 2. The van der Waals surface area contributed by atoms with Crippen molar-refractivity contribution < 1.29 is 9.59 Å². The standard InChI is InChI=1S/C12H23N3O2/c1-9(7-11(13)16)14-8-12(17)15-10-5-3-2-4-6-10/h9-10,14H,2-8H2,1H3,(H2,13,16)(H,15,17). The lowest BCUT2D eigenvalue weighted by atomic mass is 9.95. The average Bonchev–Trinajstić information content (AvgIpc) is 2.27. The zero-order valence-electron chi connectivity index (χ0n) is 10.5. The lowest BCUT2D eigenvalue weighted by molar-refractivity contribution is -0.122. The molecule has 4 N–H and O–H groups in total. The first-order valence-corrected chi connectivity index (χ1v) is 6.39. The molecule has 1 aliphatic rings. The number of hydrogen-bond donors (Lipinski definition) is 3. The molecule has 0 radical (unpaired) electrons. The second-order valence-electron chi connectivity index (χ2n) is 4.85. The molecule has 0 saturated heterocycles. The van der Waals surface area contributed by atoms with E-state index in [9.17, 15) is 9.59 Å². The summed E-state index contributed by atoms with van der Waals surface area (Å²) in [4.78, 5) is 22.3. The van der Waals surface area contributed by atoms with Crippen LogP contribution in [0.3, 0.4) is 0 Å². The molecule has 1 rings (SSSR count). The van der Waals surface area contributed by atoms with Crippen LogP contribution >= 0.6 is 0 Å². The number of carbonyl (C=O) groups excluding carboxylic acids is 2. The molecule has 0 aliphatic heterocycles. The number of primary amides is 1. The molecule has 1 unspecified atom stereocenters. The maximum atomic E-state index is 11.6. The van der Waals surface area contributed by atoms with Gasteiger partial charge in [-0.3, -0.25) is 9.59 Å². The van der Waals surface area contributed by atoms with E-state index in [-0.39, 0.29) is 30.8 Å². The molecular weight excluding hydrogens is 218 g/mol. The van der Waals surface area contributed by atoms with Gasteiger partial charge in [-0.2, -0.15) is 0 Å². The second kappa shape index (κ2) is 7.27. The van der Waals surface area contributed by atoms with Crippen molar-refractivity contribution in [3.8, 4) is 0 Å². The fourth-order valence-electron chi connectivity index (χ4n) is 2.17. The van der Waals surface area contributed by atoms with Crippen LogP contribution < -0.4 is 16.4 Å². The third-order valence-electron chi connectivity index (χ3n) is 3.09. The van der Waals surface area contributed by atoms with Crippen LogP contribution in [0.4, 0.5) is 0 Å². The highest BCUT2D eigenvalue weighted by Gasteiger charge is 2.15. The Bertz CT molecular complexity index is 262. The predicted octanol–water partition coefficient (Wildman–Crippen LogP) is 0.289. The van der Waals surface area contributed by atoms with E-state index in [0.717, 1.165) is 12.8 Å². The van der Waals surface area contributed by atoms with Crippen molar-refractivity contribution >= 4 is 11.8 Å². The lowest BCUT2D eigenvalue weighted by Crippen LogP contribution is -2.43. The molecule has 0 aromatic rings. The van der Waals surface area contributed by atoms with Crippen LogP contribution in [-0.2, 0) is 9.59 Å². The van der Waals surface area contributed by atoms with Crippen molar-refractivity contribution in [1.29, 1.82) is 0 Å². The van der Waals surface area contributed by atoms with Crippen LogP contribution in [0.25, 0.3) is 0 Å². The SMILES string of the molecule is CC(CC(N)=O)NCC(=O)NC1CCCCC1. The topological polar surface area (TPSA) is 84.2 Å². The molecule has 1 aliphatic carbocycles. The number of rotatable bonds is 6. The van der Waals surface area contributed by atoms with Gasteiger partial charge in [-0.15, -0.1) is 0 Å². The largest absolute Gasteiger partial charge is 0.370 e. The smallest absolute Gasteiger partial charge is 0.234 e. The highest BCUT2D eigenvalue weighted by Crippen LogP contribution is 2.17. The van der Waals surface area contributed by atoms with E-state index in [1.807, 2.05) is 6.92 Å². The summed E-state index contributed by atoms with van der Waals surface area (Å²) in [5.74, 6) is -0.342. The summed E-state index contributed by atoms with van der Waals surface area (Å²) in [5, 5.41) is 6.00. The molecule has 1 saturated carbocycles. The minimum Gasteiger partial charge on any atom is -0.370 e. The fraction of sp³-hybridized carbons (Fsp3) is 0.833. The Hall–Kier alpha value is -1.10. The Labute approximate surface area is 103 Å². The maximum Gasteiger partial charge on any atom is 0.234 e. The quantitative estimate of drug-likeness (QED) is 0.625. The Kier molecular flexibility index (Phi) is 5.97. The summed E-state index contributed by atoms with van der Waals surface area (Å²) < 4.78 is 0. The van der Waals surface area contributed by atoms with Crippen molar-refractivity contribution in [1.82, 2.24) is 10.6 Å². The third-order valence-corrected chi connectivity index (χ3v) is 3.09. The summed E-state index contributed by atoms with van der Waals surface area (Å²) >= 11 is 0. The molecular formula is C12H23N3O2. The van der Waals surface area contributed by atoms with Gasteiger partial charge in [-0.25, -0.2) is 0 Å². The molecule has 0 spiro atoms. The molecule has 0 aromatic heterocycles. The van der Waals surface area contributed by atoms with Gasteiger partial charge >= 0.3 is 0 Å². The summed E-state index contributed by atoms with van der Waals surface area (Å²) in [5.41, 5.74) is 5.07. The molecule has 1 atom stereocenters. The molecule has 0 bridgehead atoms. The van der Waals surface area contributed by atoms with Gasteiger partial charge in [0.15, 0.2) is 0 Å². The number of carbonyl (C=O) groups is 2. The minimum atomic E-state index is -0.349. The highest BCUT2D eigenvalue weighted by atomic mass is 16.2. The van der Waals surface area contributed by atoms with Gasteiger partial charge in [-0.1, -0.05) is 19.3 Å². The second-order valence-corrected chi connectivity index (χ2v) is 4.85. The van der Waals surface area contributed by atoms with E-state index in [0.29, 0.717) is 6.04 Å². The molecule has 0 heterocycles. The molecule has 5 heteroatoms. The first kappa shape index (κ1) is 14.0. The number of nitrogens with two attached hydrogens (primary N) is 1. The first-order chi connectivity index (χ1) is 8.08. The van der Waals surface area contributed by atoms with Crippen LogP contribution in [0.15, 0.2) is 0 Å². The van der Waals surface area contributed by atoms with Crippen molar-refractivity contribution in [3.63, 3.8) is 0 Å². The lowest BCUT2D eigenvalue weighted by Gasteiger charge is -2.23. The molecule has 0 aromatic carbocycles. The minimum absolute atomic E-state index is 0.00761. The molecule has 1 fully saturated rings. The Morgan fingerprint density at radius 2 is 1.94 bits per heavy atom. The van der Waals surface area contributed by atoms with E-state index in [2.05, 4.69) is 10.6 Å². The van der Waals surface area contributed by atoms with Crippen molar-refractivity contribution in [2.45, 2.75) is 57.5 Å². The summed E-state index contributed by atoms with van der Waals surface area (Å²) in [6, 6.07) is 0.286. The zero-order valence-corrected chi connectivity index (χ0v) is 10.5. The highest BCUT2D eigenvalue weighted by molar-refractivity contribution is 5.78. The maximum absolute atomic E-state index is 11.6. The van der Waals surface area contributed by atoms with Crippen LogP contribution in [0, 0.1) is 0 Å². The molecule has 17 heavy (non-hydrogen) atoms. The van der Waals surface area contributed by atoms with Gasteiger partial charge in [0.25, 0.3) is 0 Å². The van der Waals surface area contributed by atoms with Crippen molar-refractivity contribution in [2.75, 3.05) is 6.54 Å². The Morgan fingerprint density at radius 1 is 1.29 bits per heavy atom. The van der Waals surface area contributed by atoms with Gasteiger partial charge in [0.1, 0.15) is 0 Å². The number of amides is 2. The van der Waals surface area contributed by atoms with Crippen LogP contribution in [0.1, 0.15) is 45.4 Å². The van der Waals surface area contributed by atoms with E-state index in [1.54, 1.807) is 0 Å². The van der Waals surface area contributed by atoms with Gasteiger partial charge in [0, 0.05) is 18.5 Å². The summed E-state index contributed by atoms with van der Waals surface area (Å²) in [7, 11) is 0. The van der Waals surface area contributed by atoms with Crippen LogP contribution in [0.2, 0.25) is 0 Å². The average molecular weight is 241 g/mol. The van der Waals surface area contributed by atoms with E-state index in [4.69, 9.17) is 5.73 Å². The summed E-state index contributed by atoms with van der Waals surface area (Å²) in [6.45, 7) is 2.10. The van der Waals surface area contributed by atoms with E-state index < -0.39 is 0 Å². The van der Waals surface area contributed by atoms with Crippen LogP contribution in [0.5, 0.6) is 0 Å². The Morgan fingerprint density at radius 3 is 2.53 bits per heavy atom. The van der Waals surface area contributed by atoms with Crippen molar-refractivity contribution in [2.24, 2.45) is 5.73 Å². The van der Waals surface area contributed by atoms with Gasteiger partial charge in [0.2, 0.25) is 11.8 Å². The van der Waals surface area contributed by atoms with Crippen LogP contribution in [-0.4, -0.2) is 30.4 Å². The van der Waals surface area contributed by atoms with E-state index >= 15 is 0 Å². The first-order valence-electron chi connectivity index (χ1n) is 6.39. The third kappa shape index (κ3) is 6.26. The fourth-order valence-corrected chi connectivity index (χ4v) is 2.17. The predicted molar refractivity (Wildman–Crippen MR) is 66.3 cm³/mol. The molecule has 5 nitrogen and oxygen atoms in total. The van der Waals surface area contributed by atoms with Gasteiger partial charge in [0.05, 0.1) is 6.54 Å². The summed E-state index contributed by atoms with van der Waals surface area (Å²) in [6.07, 6.45) is 6.12.